The zero-order chi connectivity index (χ0) is 17.3. The summed E-state index contributed by atoms with van der Waals surface area (Å²) in [5.74, 6) is -0.664. The quantitative estimate of drug-likeness (QED) is 0.487. The monoisotopic (exact) mass is 335 g/mol. The van der Waals surface area contributed by atoms with Gasteiger partial charge in [0.1, 0.15) is 11.9 Å². The van der Waals surface area contributed by atoms with Crippen molar-refractivity contribution in [2.24, 2.45) is 5.16 Å². The lowest BCUT2D eigenvalue weighted by Gasteiger charge is -2.16. The van der Waals surface area contributed by atoms with Gasteiger partial charge in [-0.25, -0.2) is 9.18 Å². The lowest BCUT2D eigenvalue weighted by atomic mass is 9.96. The molecule has 2 N–H and O–H groups in total. The summed E-state index contributed by atoms with van der Waals surface area (Å²) in [7, 11) is 0. The van der Waals surface area contributed by atoms with Gasteiger partial charge in [0.15, 0.2) is 0 Å². The highest BCUT2D eigenvalue weighted by molar-refractivity contribution is 5.90. The second-order valence-corrected chi connectivity index (χ2v) is 6.12. The number of amides is 2. The first-order chi connectivity index (χ1) is 11.4. The van der Waals surface area contributed by atoms with E-state index in [2.05, 4.69) is 10.5 Å². The van der Waals surface area contributed by atoms with E-state index < -0.39 is 23.4 Å². The summed E-state index contributed by atoms with van der Waals surface area (Å²) in [6.07, 6.45) is 1.74. The largest absolute Gasteiger partial charge is 0.442 e. The Morgan fingerprint density at radius 3 is 2.92 bits per heavy atom. The maximum absolute atomic E-state index is 14.5. The Morgan fingerprint density at radius 2 is 2.33 bits per heavy atom. The van der Waals surface area contributed by atoms with Crippen molar-refractivity contribution in [2.45, 2.75) is 31.3 Å². The Labute approximate surface area is 138 Å². The first kappa shape index (κ1) is 16.2. The first-order valence-electron chi connectivity index (χ1n) is 7.66. The van der Waals surface area contributed by atoms with E-state index in [4.69, 9.17) is 9.94 Å². The highest BCUT2D eigenvalue weighted by atomic mass is 19.1. The van der Waals surface area contributed by atoms with Crippen LogP contribution < -0.4 is 10.2 Å². The normalized spacial score (nSPS) is 21.8. The molecule has 2 fully saturated rings. The number of hydrogen-bond acceptors (Lipinski definition) is 5. The molecule has 0 radical (unpaired) electrons. The van der Waals surface area contributed by atoms with Crippen molar-refractivity contribution < 1.29 is 23.9 Å². The Balaban J connectivity index is 1.75. The fraction of sp³-hybridized carbons (Fsp3) is 0.438. The SMILES string of the molecule is CC(=O)NC[C@H]1CN(c2ccc(C3(/C=N/O)CC3)c(F)c2)C(=O)O1. The lowest BCUT2D eigenvalue weighted by Crippen LogP contribution is -2.33. The molecule has 128 valence electrons. The Kier molecular flexibility index (Phi) is 4.13. The van der Waals surface area contributed by atoms with Crippen LogP contribution in [0.4, 0.5) is 14.9 Å². The number of carbonyl (C=O) groups is 2. The molecule has 1 heterocycles. The van der Waals surface area contributed by atoms with E-state index in [-0.39, 0.29) is 19.0 Å². The summed E-state index contributed by atoms with van der Waals surface area (Å²) in [6, 6.07) is 4.53. The predicted octanol–water partition coefficient (Wildman–Crippen LogP) is 1.78. The van der Waals surface area contributed by atoms with E-state index in [1.54, 1.807) is 12.1 Å². The molecule has 2 amide bonds. The second-order valence-electron chi connectivity index (χ2n) is 6.12. The maximum atomic E-state index is 14.5. The average molecular weight is 335 g/mol. The molecule has 1 saturated carbocycles. The molecule has 1 atom stereocenters. The topological polar surface area (TPSA) is 91.2 Å². The van der Waals surface area contributed by atoms with Gasteiger partial charge in [0.2, 0.25) is 5.91 Å². The zero-order valence-corrected chi connectivity index (χ0v) is 13.2. The molecule has 0 spiro atoms. The molecule has 1 aliphatic heterocycles. The molecule has 0 bridgehead atoms. The minimum Gasteiger partial charge on any atom is -0.442 e. The van der Waals surface area contributed by atoms with Crippen LogP contribution in [0.15, 0.2) is 23.4 Å². The smallest absolute Gasteiger partial charge is 0.414 e. The third kappa shape index (κ3) is 3.04. The van der Waals surface area contributed by atoms with Gasteiger partial charge in [-0.3, -0.25) is 9.69 Å². The second kappa shape index (κ2) is 6.10. The molecule has 1 aliphatic carbocycles. The van der Waals surface area contributed by atoms with Gasteiger partial charge in [0.05, 0.1) is 25.0 Å². The van der Waals surface area contributed by atoms with Crippen LogP contribution in [0.5, 0.6) is 0 Å². The molecule has 0 aromatic heterocycles. The van der Waals surface area contributed by atoms with Gasteiger partial charge < -0.3 is 15.3 Å². The van der Waals surface area contributed by atoms with E-state index in [9.17, 15) is 14.0 Å². The summed E-state index contributed by atoms with van der Waals surface area (Å²) in [5.41, 5.74) is 0.298. The molecule has 1 aromatic carbocycles. The van der Waals surface area contributed by atoms with E-state index in [0.717, 1.165) is 12.8 Å². The standard InChI is InChI=1S/C16H18FN3O4/c1-10(21)18-7-12-8-20(15(22)24-12)11-2-3-13(14(17)6-11)16(4-5-16)9-19-23/h2-3,6,9,12,23H,4-5,7-8H2,1H3,(H,18,21)/b19-9+/t12-/m0/s1. The van der Waals surface area contributed by atoms with Gasteiger partial charge in [0, 0.05) is 12.3 Å². The van der Waals surface area contributed by atoms with E-state index in [1.165, 1.54) is 24.1 Å². The molecule has 3 rings (SSSR count). The number of carbonyl (C=O) groups excluding carboxylic acids is 2. The molecule has 1 aromatic rings. The van der Waals surface area contributed by atoms with E-state index in [1.807, 2.05) is 0 Å². The number of rotatable bonds is 5. The molecule has 0 unspecified atom stereocenters. The number of ether oxygens (including phenoxy) is 1. The van der Waals surface area contributed by atoms with Crippen molar-refractivity contribution in [1.82, 2.24) is 5.32 Å². The van der Waals surface area contributed by atoms with Crippen LogP contribution in [0.1, 0.15) is 25.3 Å². The third-order valence-electron chi connectivity index (χ3n) is 4.35. The van der Waals surface area contributed by atoms with Crippen LogP contribution in [-0.4, -0.2) is 42.6 Å². The minimum atomic E-state index is -0.574. The van der Waals surface area contributed by atoms with Crippen molar-refractivity contribution in [2.75, 3.05) is 18.0 Å². The number of nitrogens with zero attached hydrogens (tertiary/aromatic N) is 2. The Morgan fingerprint density at radius 1 is 1.58 bits per heavy atom. The molecular formula is C16H18FN3O4. The van der Waals surface area contributed by atoms with Gasteiger partial charge in [-0.15, -0.1) is 5.16 Å². The molecular weight excluding hydrogens is 317 g/mol. The van der Waals surface area contributed by atoms with Crippen LogP contribution in [0.2, 0.25) is 0 Å². The van der Waals surface area contributed by atoms with Crippen LogP contribution in [-0.2, 0) is 14.9 Å². The number of nitrogens with one attached hydrogen (secondary N) is 1. The summed E-state index contributed by atoms with van der Waals surface area (Å²) in [4.78, 5) is 24.2. The van der Waals surface area contributed by atoms with E-state index >= 15 is 0 Å². The Hall–Kier alpha value is -2.64. The number of halogens is 1. The minimum absolute atomic E-state index is 0.208. The van der Waals surface area contributed by atoms with Crippen LogP contribution in [0.25, 0.3) is 0 Å². The summed E-state index contributed by atoms with van der Waals surface area (Å²) >= 11 is 0. The highest BCUT2D eigenvalue weighted by Gasteiger charge is 2.45. The average Bonchev–Trinajstić information content (AvgIpc) is 3.20. The molecule has 24 heavy (non-hydrogen) atoms. The number of benzene rings is 1. The molecule has 7 nitrogen and oxygen atoms in total. The van der Waals surface area contributed by atoms with Crippen LogP contribution >= 0.6 is 0 Å². The van der Waals surface area contributed by atoms with Gasteiger partial charge in [-0.2, -0.15) is 0 Å². The fourth-order valence-electron chi connectivity index (χ4n) is 2.89. The van der Waals surface area contributed by atoms with Gasteiger partial charge in [0.25, 0.3) is 0 Å². The lowest BCUT2D eigenvalue weighted by molar-refractivity contribution is -0.119. The predicted molar refractivity (Wildman–Crippen MR) is 83.9 cm³/mol. The number of cyclic esters (lactones) is 1. The van der Waals surface area contributed by atoms with Crippen LogP contribution in [0.3, 0.4) is 0 Å². The number of anilines is 1. The molecule has 2 aliphatic rings. The van der Waals surface area contributed by atoms with Crippen molar-refractivity contribution in [3.63, 3.8) is 0 Å². The summed E-state index contributed by atoms with van der Waals surface area (Å²) < 4.78 is 19.6. The van der Waals surface area contributed by atoms with Gasteiger partial charge >= 0.3 is 6.09 Å². The Bertz CT molecular complexity index is 703. The van der Waals surface area contributed by atoms with Gasteiger partial charge in [-0.1, -0.05) is 6.07 Å². The first-order valence-corrected chi connectivity index (χ1v) is 7.66. The van der Waals surface area contributed by atoms with Crippen LogP contribution in [0, 0.1) is 5.82 Å². The zero-order valence-electron chi connectivity index (χ0n) is 13.2. The number of oxime groups is 1. The highest BCUT2D eigenvalue weighted by Crippen LogP contribution is 2.48. The van der Waals surface area contributed by atoms with Crippen molar-refractivity contribution in [3.8, 4) is 0 Å². The molecule has 1 saturated heterocycles. The number of hydrogen-bond donors (Lipinski definition) is 2. The molecule has 8 heteroatoms. The van der Waals surface area contributed by atoms with Crippen molar-refractivity contribution in [3.05, 3.63) is 29.6 Å². The summed E-state index contributed by atoms with van der Waals surface area (Å²) in [5, 5.41) is 14.3. The van der Waals surface area contributed by atoms with Crippen molar-refractivity contribution >= 4 is 23.9 Å². The fourth-order valence-corrected chi connectivity index (χ4v) is 2.89. The summed E-state index contributed by atoms with van der Waals surface area (Å²) in [6.45, 7) is 1.83. The van der Waals surface area contributed by atoms with E-state index in [0.29, 0.717) is 11.3 Å². The van der Waals surface area contributed by atoms with Crippen molar-refractivity contribution in [1.29, 1.82) is 0 Å². The maximum Gasteiger partial charge on any atom is 0.414 e. The third-order valence-corrected chi connectivity index (χ3v) is 4.35. The van der Waals surface area contributed by atoms with Gasteiger partial charge in [-0.05, 0) is 30.5 Å².